The van der Waals surface area contributed by atoms with Gasteiger partial charge in [0.2, 0.25) is 0 Å². The summed E-state index contributed by atoms with van der Waals surface area (Å²) in [6, 6.07) is 13.7. The molecule has 0 saturated carbocycles. The smallest absolute Gasteiger partial charge is 0.387 e. The number of carbonyl (C=O) groups is 2. The number of hydrogen-bond donors (Lipinski definition) is 1. The Labute approximate surface area is 165 Å². The van der Waals surface area contributed by atoms with Crippen molar-refractivity contribution in [1.82, 2.24) is 0 Å². The highest BCUT2D eigenvalue weighted by Crippen LogP contribution is 2.25. The second-order valence-corrected chi connectivity index (χ2v) is 5.84. The van der Waals surface area contributed by atoms with Crippen molar-refractivity contribution in [3.05, 3.63) is 54.1 Å². The normalized spacial score (nSPS) is 12.4. The van der Waals surface area contributed by atoms with Gasteiger partial charge in [-0.15, -0.1) is 0 Å². The van der Waals surface area contributed by atoms with Crippen LogP contribution in [0.1, 0.15) is 19.4 Å². The number of nitrogens with zero attached hydrogens (tertiary/aromatic N) is 1. The number of nitriles is 1. The molecule has 0 aliphatic rings. The highest BCUT2D eigenvalue weighted by atomic mass is 19.3. The number of para-hydroxylation sites is 2. The Kier molecular flexibility index (Phi) is 7.48. The lowest BCUT2D eigenvalue weighted by Gasteiger charge is -2.18. The summed E-state index contributed by atoms with van der Waals surface area (Å²) in [5, 5.41) is 11.1. The molecule has 0 saturated heterocycles. The molecule has 2 aromatic rings. The first-order valence-electron chi connectivity index (χ1n) is 8.52. The Balaban J connectivity index is 1.93. The zero-order chi connectivity index (χ0) is 21.4. The minimum absolute atomic E-state index is 0.0163. The van der Waals surface area contributed by atoms with Crippen molar-refractivity contribution in [1.29, 1.82) is 5.26 Å². The molecule has 9 heteroatoms. The van der Waals surface area contributed by atoms with Crippen molar-refractivity contribution in [2.24, 2.45) is 0 Å². The maximum Gasteiger partial charge on any atom is 0.387 e. The summed E-state index contributed by atoms with van der Waals surface area (Å²) < 4.78 is 39.7. The van der Waals surface area contributed by atoms with Gasteiger partial charge in [0.1, 0.15) is 11.5 Å². The van der Waals surface area contributed by atoms with Crippen LogP contribution >= 0.6 is 0 Å². The third-order valence-corrected chi connectivity index (χ3v) is 3.65. The summed E-state index contributed by atoms with van der Waals surface area (Å²) in [5.74, 6) is -1.39. The molecule has 0 aliphatic heterocycles. The Morgan fingerprint density at radius 1 is 1.00 bits per heavy atom. The van der Waals surface area contributed by atoms with Crippen molar-refractivity contribution in [2.75, 3.05) is 5.32 Å². The van der Waals surface area contributed by atoms with Gasteiger partial charge in [-0.1, -0.05) is 12.1 Å². The van der Waals surface area contributed by atoms with E-state index in [1.807, 2.05) is 6.07 Å². The number of rotatable bonds is 8. The minimum atomic E-state index is -3.05. The lowest BCUT2D eigenvalue weighted by molar-refractivity contribution is -0.159. The predicted molar refractivity (Wildman–Crippen MR) is 98.5 cm³/mol. The van der Waals surface area contributed by atoms with Crippen LogP contribution in [0.5, 0.6) is 11.5 Å². The molecule has 0 aliphatic carbocycles. The molecule has 1 amide bonds. The number of carbonyl (C=O) groups excluding carboxylic acids is 2. The van der Waals surface area contributed by atoms with Crippen LogP contribution in [0.4, 0.5) is 14.5 Å². The predicted octanol–water partition coefficient (Wildman–Crippen LogP) is 3.50. The fraction of sp³-hybridized carbons (Fsp3) is 0.250. The SMILES string of the molecule is C[C@H](OC(=O)[C@H](C)Oc1ccc(C#N)cc1)C(=O)Nc1ccccc1OC(F)F. The van der Waals surface area contributed by atoms with Crippen molar-refractivity contribution in [3.8, 4) is 17.6 Å². The summed E-state index contributed by atoms with van der Waals surface area (Å²) in [5.41, 5.74) is 0.455. The monoisotopic (exact) mass is 404 g/mol. The molecule has 1 N–H and O–H groups in total. The summed E-state index contributed by atoms with van der Waals surface area (Å²) in [6.07, 6.45) is -2.23. The zero-order valence-electron chi connectivity index (χ0n) is 15.6. The highest BCUT2D eigenvalue weighted by Gasteiger charge is 2.24. The molecule has 0 spiro atoms. The van der Waals surface area contributed by atoms with Gasteiger partial charge in [0, 0.05) is 0 Å². The summed E-state index contributed by atoms with van der Waals surface area (Å²) in [4.78, 5) is 24.4. The number of alkyl halides is 2. The van der Waals surface area contributed by atoms with Crippen LogP contribution in [0.3, 0.4) is 0 Å². The molecular formula is C20H18F2N2O5. The quantitative estimate of drug-likeness (QED) is 0.677. The molecule has 0 unspecified atom stereocenters. The topological polar surface area (TPSA) is 97.7 Å². The number of esters is 1. The van der Waals surface area contributed by atoms with Crippen molar-refractivity contribution < 1.29 is 32.6 Å². The third kappa shape index (κ3) is 6.46. The molecule has 7 nitrogen and oxygen atoms in total. The second kappa shape index (κ2) is 10.0. The molecule has 2 atom stereocenters. The maximum absolute atomic E-state index is 12.4. The van der Waals surface area contributed by atoms with Crippen LogP contribution in [0.25, 0.3) is 0 Å². The van der Waals surface area contributed by atoms with E-state index in [-0.39, 0.29) is 11.4 Å². The largest absolute Gasteiger partial charge is 0.479 e. The van der Waals surface area contributed by atoms with Gasteiger partial charge < -0.3 is 19.5 Å². The van der Waals surface area contributed by atoms with Crippen LogP contribution in [-0.4, -0.2) is 30.7 Å². The molecule has 0 aromatic heterocycles. The second-order valence-electron chi connectivity index (χ2n) is 5.84. The van der Waals surface area contributed by atoms with Gasteiger partial charge in [0.25, 0.3) is 5.91 Å². The molecule has 2 rings (SSSR count). The van der Waals surface area contributed by atoms with Crippen LogP contribution in [0.15, 0.2) is 48.5 Å². The lowest BCUT2D eigenvalue weighted by Crippen LogP contribution is -2.35. The molecule has 0 bridgehead atoms. The molecule has 0 fully saturated rings. The average molecular weight is 404 g/mol. The number of hydrogen-bond acceptors (Lipinski definition) is 6. The van der Waals surface area contributed by atoms with E-state index in [0.717, 1.165) is 0 Å². The van der Waals surface area contributed by atoms with Gasteiger partial charge >= 0.3 is 12.6 Å². The first-order valence-corrected chi connectivity index (χ1v) is 8.52. The zero-order valence-corrected chi connectivity index (χ0v) is 15.6. The van der Waals surface area contributed by atoms with Gasteiger partial charge in [-0.2, -0.15) is 14.0 Å². The number of amides is 1. The van der Waals surface area contributed by atoms with E-state index < -0.39 is 30.7 Å². The number of nitrogens with one attached hydrogen (secondary N) is 1. The number of ether oxygens (including phenoxy) is 3. The highest BCUT2D eigenvalue weighted by molar-refractivity contribution is 5.96. The number of halogens is 2. The van der Waals surface area contributed by atoms with Gasteiger partial charge in [-0.3, -0.25) is 4.79 Å². The Bertz CT molecular complexity index is 896. The van der Waals surface area contributed by atoms with Crippen LogP contribution in [0.2, 0.25) is 0 Å². The first kappa shape index (κ1) is 21.6. The summed E-state index contributed by atoms with van der Waals surface area (Å²) >= 11 is 0. The van der Waals surface area contributed by atoms with Crippen molar-refractivity contribution in [3.63, 3.8) is 0 Å². The summed E-state index contributed by atoms with van der Waals surface area (Å²) in [6.45, 7) is -0.279. The molecule has 152 valence electrons. The number of benzene rings is 2. The van der Waals surface area contributed by atoms with Gasteiger partial charge in [-0.05, 0) is 50.2 Å². The number of anilines is 1. The Hall–Kier alpha value is -3.67. The van der Waals surface area contributed by atoms with Crippen molar-refractivity contribution >= 4 is 17.6 Å². The van der Waals surface area contributed by atoms with E-state index in [9.17, 15) is 18.4 Å². The Morgan fingerprint density at radius 2 is 1.66 bits per heavy atom. The summed E-state index contributed by atoms with van der Waals surface area (Å²) in [7, 11) is 0. The van der Waals surface area contributed by atoms with Crippen LogP contribution < -0.4 is 14.8 Å². The molecule has 29 heavy (non-hydrogen) atoms. The van der Waals surface area contributed by atoms with Gasteiger partial charge in [-0.25, -0.2) is 4.79 Å². The van der Waals surface area contributed by atoms with E-state index in [1.54, 1.807) is 0 Å². The van der Waals surface area contributed by atoms with E-state index >= 15 is 0 Å². The fourth-order valence-electron chi connectivity index (χ4n) is 2.19. The molecule has 0 radical (unpaired) electrons. The van der Waals surface area contributed by atoms with E-state index in [0.29, 0.717) is 11.3 Å². The van der Waals surface area contributed by atoms with Crippen molar-refractivity contribution in [2.45, 2.75) is 32.7 Å². The van der Waals surface area contributed by atoms with Gasteiger partial charge in [0.15, 0.2) is 12.2 Å². The average Bonchev–Trinajstić information content (AvgIpc) is 2.69. The third-order valence-electron chi connectivity index (χ3n) is 3.65. The fourth-order valence-corrected chi connectivity index (χ4v) is 2.19. The standard InChI is InChI=1S/C20H18F2N2O5/c1-12(18(25)24-16-5-3-4-6-17(16)29-20(21)22)28-19(26)13(2)27-15-9-7-14(11-23)8-10-15/h3-10,12-13,20H,1-2H3,(H,24,25)/t12-,13-/m0/s1. The molecule has 0 heterocycles. The Morgan fingerprint density at radius 3 is 2.28 bits per heavy atom. The van der Waals surface area contributed by atoms with E-state index in [2.05, 4.69) is 10.1 Å². The maximum atomic E-state index is 12.4. The first-order chi connectivity index (χ1) is 13.8. The van der Waals surface area contributed by atoms with Crippen LogP contribution in [-0.2, 0) is 14.3 Å². The van der Waals surface area contributed by atoms with Crippen LogP contribution in [0, 0.1) is 11.3 Å². The molecular weight excluding hydrogens is 386 g/mol. The van der Waals surface area contributed by atoms with E-state index in [4.69, 9.17) is 14.7 Å². The lowest BCUT2D eigenvalue weighted by atomic mass is 10.2. The molecule has 2 aromatic carbocycles. The minimum Gasteiger partial charge on any atom is -0.479 e. The van der Waals surface area contributed by atoms with E-state index in [1.165, 1.54) is 62.4 Å². The van der Waals surface area contributed by atoms with Gasteiger partial charge in [0.05, 0.1) is 17.3 Å².